The summed E-state index contributed by atoms with van der Waals surface area (Å²) in [5.74, 6) is -0.0821. The Morgan fingerprint density at radius 3 is 2.56 bits per heavy atom. The molecule has 98 valence electrons. The second-order valence-electron chi connectivity index (χ2n) is 3.20. The van der Waals surface area contributed by atoms with E-state index in [2.05, 4.69) is 4.74 Å². The Bertz CT molecular complexity index is 497. The maximum Gasteiger partial charge on any atom is 0.422 e. The summed E-state index contributed by atoms with van der Waals surface area (Å²) in [4.78, 5) is 0. The molecule has 0 aliphatic carbocycles. The fourth-order valence-corrected chi connectivity index (χ4v) is 2.03. The van der Waals surface area contributed by atoms with Crippen LogP contribution in [0.15, 0.2) is 6.07 Å². The maximum absolute atomic E-state index is 12.1. The van der Waals surface area contributed by atoms with Gasteiger partial charge in [-0.25, -0.2) is 0 Å². The molecule has 0 amide bonds. The van der Waals surface area contributed by atoms with Gasteiger partial charge in [0.05, 0.1) is 21.9 Å². The number of nitrogen functional groups attached to an aromatic ring is 1. The largest absolute Gasteiger partial charge is 0.493 e. The van der Waals surface area contributed by atoms with Gasteiger partial charge in [0.15, 0.2) is 18.1 Å². The van der Waals surface area contributed by atoms with E-state index in [0.29, 0.717) is 0 Å². The number of benzene rings is 1. The molecular weight excluding hydrogens is 364 g/mol. The van der Waals surface area contributed by atoms with Gasteiger partial charge in [-0.2, -0.15) is 18.4 Å². The number of methoxy groups -OCH3 is 1. The van der Waals surface area contributed by atoms with E-state index in [1.807, 2.05) is 0 Å². The molecule has 0 unspecified atom stereocenters. The molecule has 0 aliphatic rings. The van der Waals surface area contributed by atoms with Gasteiger partial charge in [0.2, 0.25) is 0 Å². The third kappa shape index (κ3) is 3.32. The summed E-state index contributed by atoms with van der Waals surface area (Å²) < 4.78 is 46.1. The molecule has 1 aromatic rings. The lowest BCUT2D eigenvalue weighted by Gasteiger charge is -2.15. The molecule has 18 heavy (non-hydrogen) atoms. The predicted octanol–water partition coefficient (Wildman–Crippen LogP) is 2.69. The highest BCUT2D eigenvalue weighted by atomic mass is 127. The maximum atomic E-state index is 12.1. The molecule has 1 rings (SSSR count). The van der Waals surface area contributed by atoms with Crippen molar-refractivity contribution >= 4 is 28.3 Å². The molecule has 0 spiro atoms. The zero-order chi connectivity index (χ0) is 13.9. The van der Waals surface area contributed by atoms with E-state index < -0.39 is 12.8 Å². The summed E-state index contributed by atoms with van der Waals surface area (Å²) in [6, 6.07) is 3.06. The summed E-state index contributed by atoms with van der Waals surface area (Å²) in [5.41, 5.74) is 5.76. The molecule has 1 aromatic carbocycles. The van der Waals surface area contributed by atoms with Crippen LogP contribution in [0, 0.1) is 14.9 Å². The number of halogens is 4. The van der Waals surface area contributed by atoms with E-state index in [-0.39, 0.29) is 26.3 Å². The number of anilines is 1. The zero-order valence-electron chi connectivity index (χ0n) is 9.14. The molecular formula is C10H8F3IN2O2. The minimum atomic E-state index is -4.47. The van der Waals surface area contributed by atoms with Crippen LogP contribution in [-0.2, 0) is 0 Å². The Balaban J connectivity index is 3.21. The van der Waals surface area contributed by atoms with Crippen LogP contribution in [0.25, 0.3) is 0 Å². The standard InChI is InChI=1S/C10H8F3IN2O2/c1-17-7-2-6(16)5(3-15)8(14)9(7)18-4-10(11,12)13/h2H,4,16H2,1H3. The second-order valence-corrected chi connectivity index (χ2v) is 4.28. The molecule has 0 radical (unpaired) electrons. The van der Waals surface area contributed by atoms with Crippen LogP contribution in [0.3, 0.4) is 0 Å². The molecule has 2 N–H and O–H groups in total. The molecule has 0 atom stereocenters. The van der Waals surface area contributed by atoms with Gasteiger partial charge in [0.25, 0.3) is 0 Å². The Morgan fingerprint density at radius 1 is 1.50 bits per heavy atom. The molecule has 8 heteroatoms. The van der Waals surface area contributed by atoms with E-state index in [1.165, 1.54) is 13.2 Å². The summed E-state index contributed by atoms with van der Waals surface area (Å²) in [6.07, 6.45) is -4.47. The number of nitriles is 1. The van der Waals surface area contributed by atoms with Crippen LogP contribution >= 0.6 is 22.6 Å². The average molecular weight is 372 g/mol. The number of rotatable bonds is 3. The summed E-state index contributed by atoms with van der Waals surface area (Å²) in [6.45, 7) is -1.46. The van der Waals surface area contributed by atoms with E-state index in [9.17, 15) is 13.2 Å². The van der Waals surface area contributed by atoms with E-state index in [1.54, 1.807) is 28.7 Å². The number of nitrogens with zero attached hydrogens (tertiary/aromatic N) is 1. The van der Waals surface area contributed by atoms with Gasteiger partial charge in [-0.05, 0) is 22.6 Å². The van der Waals surface area contributed by atoms with Crippen molar-refractivity contribution in [3.8, 4) is 17.6 Å². The molecule has 0 saturated heterocycles. The normalized spacial score (nSPS) is 10.9. The Kier molecular flexibility index (Phi) is 4.50. The van der Waals surface area contributed by atoms with E-state index in [0.717, 1.165) is 0 Å². The van der Waals surface area contributed by atoms with Gasteiger partial charge in [0.1, 0.15) is 6.07 Å². The van der Waals surface area contributed by atoms with Crippen LogP contribution in [0.2, 0.25) is 0 Å². The van der Waals surface area contributed by atoms with Gasteiger partial charge in [-0.3, -0.25) is 0 Å². The number of hydrogen-bond donors (Lipinski definition) is 1. The molecule has 0 bridgehead atoms. The van der Waals surface area contributed by atoms with Crippen molar-refractivity contribution in [2.45, 2.75) is 6.18 Å². The first-order valence-electron chi connectivity index (χ1n) is 4.55. The lowest BCUT2D eigenvalue weighted by atomic mass is 10.2. The minimum absolute atomic E-state index is 0.0557. The number of nitrogens with two attached hydrogens (primary N) is 1. The van der Waals surface area contributed by atoms with Gasteiger partial charge in [-0.1, -0.05) is 0 Å². The third-order valence-corrected chi connectivity index (χ3v) is 2.96. The Labute approximate surface area is 115 Å². The molecule has 0 saturated carbocycles. The van der Waals surface area contributed by atoms with Crippen LogP contribution in [0.1, 0.15) is 5.56 Å². The highest BCUT2D eigenvalue weighted by molar-refractivity contribution is 14.1. The summed E-state index contributed by atoms with van der Waals surface area (Å²) >= 11 is 1.69. The fraction of sp³-hybridized carbons (Fsp3) is 0.300. The van der Waals surface area contributed by atoms with Gasteiger partial charge in [0, 0.05) is 6.07 Å². The van der Waals surface area contributed by atoms with E-state index in [4.69, 9.17) is 15.7 Å². The molecule has 0 heterocycles. The average Bonchev–Trinajstić information content (AvgIpc) is 2.26. The SMILES string of the molecule is COc1cc(N)c(C#N)c(I)c1OCC(F)(F)F. The summed E-state index contributed by atoms with van der Waals surface area (Å²) in [5, 5.41) is 8.86. The first-order valence-corrected chi connectivity index (χ1v) is 5.63. The quantitative estimate of drug-likeness (QED) is 0.655. The number of alkyl halides is 3. The molecule has 0 aromatic heterocycles. The smallest absolute Gasteiger partial charge is 0.422 e. The first-order chi connectivity index (χ1) is 8.30. The molecule has 0 aliphatic heterocycles. The third-order valence-electron chi connectivity index (χ3n) is 1.93. The van der Waals surface area contributed by atoms with Crippen molar-refractivity contribution in [2.75, 3.05) is 19.5 Å². The van der Waals surface area contributed by atoms with E-state index >= 15 is 0 Å². The lowest BCUT2D eigenvalue weighted by Crippen LogP contribution is -2.20. The topological polar surface area (TPSA) is 68.3 Å². The van der Waals surface area contributed by atoms with Crippen molar-refractivity contribution in [2.24, 2.45) is 0 Å². The van der Waals surface area contributed by atoms with Crippen LogP contribution in [-0.4, -0.2) is 19.9 Å². The highest BCUT2D eigenvalue weighted by Crippen LogP contribution is 2.38. The van der Waals surface area contributed by atoms with Crippen molar-refractivity contribution in [1.29, 1.82) is 5.26 Å². The Morgan fingerprint density at radius 2 is 2.11 bits per heavy atom. The second kappa shape index (κ2) is 5.51. The van der Waals surface area contributed by atoms with Crippen LogP contribution < -0.4 is 15.2 Å². The number of ether oxygens (including phenoxy) is 2. The predicted molar refractivity (Wildman–Crippen MR) is 66.4 cm³/mol. The molecule has 0 fully saturated rings. The lowest BCUT2D eigenvalue weighted by molar-refractivity contribution is -0.153. The summed E-state index contributed by atoms with van der Waals surface area (Å²) in [7, 11) is 1.28. The van der Waals surface area contributed by atoms with Crippen molar-refractivity contribution in [3.05, 3.63) is 15.2 Å². The molecule has 4 nitrogen and oxygen atoms in total. The van der Waals surface area contributed by atoms with Gasteiger partial charge in [-0.15, -0.1) is 0 Å². The zero-order valence-corrected chi connectivity index (χ0v) is 11.3. The minimum Gasteiger partial charge on any atom is -0.493 e. The van der Waals surface area contributed by atoms with Crippen LogP contribution in [0.5, 0.6) is 11.5 Å². The first kappa shape index (κ1) is 14.7. The number of hydrogen-bond acceptors (Lipinski definition) is 4. The van der Waals surface area contributed by atoms with Crippen molar-refractivity contribution in [1.82, 2.24) is 0 Å². The van der Waals surface area contributed by atoms with Crippen molar-refractivity contribution < 1.29 is 22.6 Å². The van der Waals surface area contributed by atoms with Crippen LogP contribution in [0.4, 0.5) is 18.9 Å². The Hall–Kier alpha value is -1.37. The van der Waals surface area contributed by atoms with Gasteiger partial charge >= 0.3 is 6.18 Å². The van der Waals surface area contributed by atoms with Gasteiger partial charge < -0.3 is 15.2 Å². The van der Waals surface area contributed by atoms with Crippen molar-refractivity contribution in [3.63, 3.8) is 0 Å². The monoisotopic (exact) mass is 372 g/mol. The highest BCUT2D eigenvalue weighted by Gasteiger charge is 2.30. The fourth-order valence-electron chi connectivity index (χ4n) is 1.18.